The van der Waals surface area contributed by atoms with E-state index in [1.165, 1.54) is 10.5 Å². The quantitative estimate of drug-likeness (QED) is 0.648. The van der Waals surface area contributed by atoms with Gasteiger partial charge >= 0.3 is 5.97 Å². The number of aliphatic carboxylic acids is 1. The average Bonchev–Trinajstić information content (AvgIpc) is 2.86. The van der Waals surface area contributed by atoms with Gasteiger partial charge in [-0.2, -0.15) is 0 Å². The van der Waals surface area contributed by atoms with Crippen LogP contribution in [0.25, 0.3) is 0 Å². The summed E-state index contributed by atoms with van der Waals surface area (Å²) >= 11 is 5.04. The summed E-state index contributed by atoms with van der Waals surface area (Å²) in [5, 5.41) is 9.14. The zero-order chi connectivity index (χ0) is 15.2. The number of benzene rings is 1. The van der Waals surface area contributed by atoms with Crippen molar-refractivity contribution >= 4 is 29.0 Å². The molecule has 5 heteroatoms. The van der Waals surface area contributed by atoms with Crippen LogP contribution in [0.4, 0.5) is 0 Å². The van der Waals surface area contributed by atoms with Crippen molar-refractivity contribution in [3.05, 3.63) is 35.9 Å². The summed E-state index contributed by atoms with van der Waals surface area (Å²) < 4.78 is 0. The number of thiocarbonyl (C=S) groups is 1. The third kappa shape index (κ3) is 4.11. The molecule has 1 N–H and O–H groups in total. The lowest BCUT2D eigenvalue weighted by Gasteiger charge is -2.21. The van der Waals surface area contributed by atoms with Gasteiger partial charge in [0, 0.05) is 17.8 Å². The lowest BCUT2D eigenvalue weighted by Crippen LogP contribution is -2.43. The minimum atomic E-state index is -1.02. The molecule has 0 unspecified atom stereocenters. The Labute approximate surface area is 129 Å². The second-order valence-corrected chi connectivity index (χ2v) is 5.76. The highest BCUT2D eigenvalue weighted by molar-refractivity contribution is 7.80. The zero-order valence-electron chi connectivity index (χ0n) is 11.8. The van der Waals surface area contributed by atoms with Gasteiger partial charge in [-0.15, -0.1) is 0 Å². The van der Waals surface area contributed by atoms with E-state index in [-0.39, 0.29) is 5.91 Å². The molecule has 0 spiro atoms. The SMILES string of the molecule is O=C(O)[C@@H]1C(=S)CCN1C(=O)CCCCc1ccccc1. The first-order valence-corrected chi connectivity index (χ1v) is 7.59. The van der Waals surface area contributed by atoms with Gasteiger partial charge in [0.2, 0.25) is 5.91 Å². The molecular weight excluding hydrogens is 286 g/mol. The normalized spacial score (nSPS) is 18.0. The van der Waals surface area contributed by atoms with Crippen LogP contribution < -0.4 is 0 Å². The molecule has 1 fully saturated rings. The highest BCUT2D eigenvalue weighted by atomic mass is 32.1. The van der Waals surface area contributed by atoms with Crippen molar-refractivity contribution in [3.63, 3.8) is 0 Å². The molecule has 0 radical (unpaired) electrons. The largest absolute Gasteiger partial charge is 0.479 e. The van der Waals surface area contributed by atoms with E-state index >= 15 is 0 Å². The predicted octanol–water partition coefficient (Wildman–Crippen LogP) is 2.45. The van der Waals surface area contributed by atoms with E-state index in [1.54, 1.807) is 0 Å². The van der Waals surface area contributed by atoms with Crippen LogP contribution in [0.15, 0.2) is 30.3 Å². The molecule has 112 valence electrons. The molecule has 0 bridgehead atoms. The molecule has 1 heterocycles. The van der Waals surface area contributed by atoms with Crippen molar-refractivity contribution in [2.75, 3.05) is 6.54 Å². The van der Waals surface area contributed by atoms with E-state index in [9.17, 15) is 9.59 Å². The van der Waals surface area contributed by atoms with Crippen LogP contribution in [-0.2, 0) is 16.0 Å². The Morgan fingerprint density at radius 1 is 1.24 bits per heavy atom. The van der Waals surface area contributed by atoms with Crippen molar-refractivity contribution in [1.82, 2.24) is 4.90 Å². The third-order valence-electron chi connectivity index (χ3n) is 3.72. The zero-order valence-corrected chi connectivity index (χ0v) is 12.6. The van der Waals surface area contributed by atoms with Crippen molar-refractivity contribution in [2.45, 2.75) is 38.1 Å². The van der Waals surface area contributed by atoms with Gasteiger partial charge in [0.1, 0.15) is 0 Å². The summed E-state index contributed by atoms with van der Waals surface area (Å²) in [5.41, 5.74) is 1.26. The molecule has 1 aliphatic heterocycles. The fraction of sp³-hybridized carbons (Fsp3) is 0.438. The third-order valence-corrected chi connectivity index (χ3v) is 4.15. The standard InChI is InChI=1S/C16H19NO3S/c18-14(17-11-10-13(21)15(17)16(19)20)9-5-4-8-12-6-2-1-3-7-12/h1-3,6-7,15H,4-5,8-11H2,(H,19,20)/t15-/m0/s1. The van der Waals surface area contributed by atoms with Crippen LogP contribution in [-0.4, -0.2) is 39.3 Å². The minimum absolute atomic E-state index is 0.102. The van der Waals surface area contributed by atoms with E-state index in [1.807, 2.05) is 18.2 Å². The number of rotatable bonds is 6. The first-order chi connectivity index (χ1) is 10.1. The van der Waals surface area contributed by atoms with E-state index in [0.29, 0.717) is 24.3 Å². The number of nitrogens with zero attached hydrogens (tertiary/aromatic N) is 1. The van der Waals surface area contributed by atoms with E-state index < -0.39 is 12.0 Å². The molecule has 21 heavy (non-hydrogen) atoms. The number of carboxylic acid groups (broad SMARTS) is 1. The maximum absolute atomic E-state index is 12.1. The Morgan fingerprint density at radius 2 is 1.95 bits per heavy atom. The molecule has 1 amide bonds. The fourth-order valence-corrected chi connectivity index (χ4v) is 2.92. The van der Waals surface area contributed by atoms with Crippen LogP contribution in [0.2, 0.25) is 0 Å². The van der Waals surface area contributed by atoms with E-state index in [0.717, 1.165) is 19.3 Å². The lowest BCUT2D eigenvalue weighted by atomic mass is 10.1. The number of hydrogen-bond acceptors (Lipinski definition) is 3. The summed E-state index contributed by atoms with van der Waals surface area (Å²) in [4.78, 5) is 25.1. The number of amides is 1. The van der Waals surface area contributed by atoms with Gasteiger partial charge in [-0.1, -0.05) is 42.5 Å². The first-order valence-electron chi connectivity index (χ1n) is 7.18. The predicted molar refractivity (Wildman–Crippen MR) is 84.3 cm³/mol. The number of carboxylic acids is 1. The van der Waals surface area contributed by atoms with Gasteiger partial charge in [-0.3, -0.25) is 4.79 Å². The van der Waals surface area contributed by atoms with Gasteiger partial charge in [0.25, 0.3) is 0 Å². The molecule has 0 aliphatic carbocycles. The molecule has 4 nitrogen and oxygen atoms in total. The fourth-order valence-electron chi connectivity index (χ4n) is 2.60. The van der Waals surface area contributed by atoms with Gasteiger partial charge in [0.05, 0.1) is 0 Å². The summed E-state index contributed by atoms with van der Waals surface area (Å²) in [6.45, 7) is 0.438. The minimum Gasteiger partial charge on any atom is -0.479 e. The molecule has 1 saturated heterocycles. The van der Waals surface area contributed by atoms with Crippen molar-refractivity contribution in [2.24, 2.45) is 0 Å². The lowest BCUT2D eigenvalue weighted by molar-refractivity contribution is -0.146. The van der Waals surface area contributed by atoms with E-state index in [4.69, 9.17) is 17.3 Å². The van der Waals surface area contributed by atoms with Crippen LogP contribution in [0, 0.1) is 0 Å². The van der Waals surface area contributed by atoms with Crippen LogP contribution in [0.5, 0.6) is 0 Å². The van der Waals surface area contributed by atoms with Gasteiger partial charge in [-0.05, 0) is 31.2 Å². The molecule has 2 rings (SSSR count). The van der Waals surface area contributed by atoms with Gasteiger partial charge < -0.3 is 10.0 Å². The molecule has 0 saturated carbocycles. The summed E-state index contributed by atoms with van der Waals surface area (Å²) in [7, 11) is 0. The monoisotopic (exact) mass is 305 g/mol. The molecule has 1 atom stereocenters. The second-order valence-electron chi connectivity index (χ2n) is 5.24. The topological polar surface area (TPSA) is 57.6 Å². The summed E-state index contributed by atoms with van der Waals surface area (Å²) in [6.07, 6.45) is 3.53. The van der Waals surface area contributed by atoms with Crippen LogP contribution in [0.3, 0.4) is 0 Å². The Hall–Kier alpha value is -1.75. The number of likely N-dealkylation sites (tertiary alicyclic amines) is 1. The van der Waals surface area contributed by atoms with E-state index in [2.05, 4.69) is 12.1 Å². The van der Waals surface area contributed by atoms with Crippen molar-refractivity contribution in [3.8, 4) is 0 Å². The average molecular weight is 305 g/mol. The maximum Gasteiger partial charge on any atom is 0.331 e. The number of carbonyl (C=O) groups excluding carboxylic acids is 1. The van der Waals surface area contributed by atoms with Crippen LogP contribution >= 0.6 is 12.2 Å². The Bertz CT molecular complexity index is 530. The van der Waals surface area contributed by atoms with Crippen molar-refractivity contribution in [1.29, 1.82) is 0 Å². The Kier molecular flexibility index (Phi) is 5.44. The number of aryl methyl sites for hydroxylation is 1. The highest BCUT2D eigenvalue weighted by Gasteiger charge is 2.37. The maximum atomic E-state index is 12.1. The molecular formula is C16H19NO3S. The number of carbonyl (C=O) groups is 2. The molecule has 1 aromatic rings. The van der Waals surface area contributed by atoms with Gasteiger partial charge in [0.15, 0.2) is 6.04 Å². The van der Waals surface area contributed by atoms with Gasteiger partial charge in [-0.25, -0.2) is 4.79 Å². The van der Waals surface area contributed by atoms with Crippen LogP contribution in [0.1, 0.15) is 31.2 Å². The molecule has 1 aliphatic rings. The second kappa shape index (κ2) is 7.31. The summed E-state index contributed by atoms with van der Waals surface area (Å²) in [5.74, 6) is -1.12. The molecule has 1 aromatic carbocycles. The Morgan fingerprint density at radius 3 is 2.62 bits per heavy atom. The smallest absolute Gasteiger partial charge is 0.331 e. The molecule has 0 aromatic heterocycles. The highest BCUT2D eigenvalue weighted by Crippen LogP contribution is 2.18. The summed E-state index contributed by atoms with van der Waals surface area (Å²) in [6, 6.07) is 9.23. The first kappa shape index (κ1) is 15.6. The number of unbranched alkanes of at least 4 members (excludes halogenated alkanes) is 1. The Balaban J connectivity index is 1.77. The number of hydrogen-bond donors (Lipinski definition) is 1. The van der Waals surface area contributed by atoms with Crippen molar-refractivity contribution < 1.29 is 14.7 Å².